The van der Waals surface area contributed by atoms with Gasteiger partial charge in [0.05, 0.1) is 12.2 Å². The van der Waals surface area contributed by atoms with E-state index in [1.165, 1.54) is 17.7 Å². The first-order valence-electron chi connectivity index (χ1n) is 9.00. The molecule has 1 aromatic carbocycles. The van der Waals surface area contributed by atoms with Crippen LogP contribution in [0.4, 0.5) is 9.18 Å². The number of benzene rings is 1. The normalized spacial score (nSPS) is 22.7. The first-order valence-corrected chi connectivity index (χ1v) is 9.00. The molecule has 7 heteroatoms. The van der Waals surface area contributed by atoms with Gasteiger partial charge in [-0.3, -0.25) is 9.58 Å². The third-order valence-corrected chi connectivity index (χ3v) is 5.14. The number of halogens is 1. The number of aryl methyl sites for hydroxylation is 2. The van der Waals surface area contributed by atoms with E-state index in [2.05, 4.69) is 10.00 Å². The summed E-state index contributed by atoms with van der Waals surface area (Å²) in [6, 6.07) is 6.66. The third kappa shape index (κ3) is 3.58. The summed E-state index contributed by atoms with van der Waals surface area (Å²) < 4.78 is 20.3. The van der Waals surface area contributed by atoms with Crippen molar-refractivity contribution in [2.45, 2.75) is 31.5 Å². The molecule has 2 aliphatic rings. The van der Waals surface area contributed by atoms with Gasteiger partial charge < -0.3 is 9.64 Å². The molecule has 0 aliphatic carbocycles. The maximum Gasteiger partial charge on any atom is 0.410 e. The van der Waals surface area contributed by atoms with Crippen LogP contribution in [-0.4, -0.2) is 57.5 Å². The van der Waals surface area contributed by atoms with Crippen molar-refractivity contribution < 1.29 is 13.9 Å². The fourth-order valence-corrected chi connectivity index (χ4v) is 3.88. The minimum atomic E-state index is -0.223. The van der Waals surface area contributed by atoms with Crippen molar-refractivity contribution in [1.82, 2.24) is 19.6 Å². The van der Waals surface area contributed by atoms with E-state index in [0.717, 1.165) is 38.0 Å². The molecule has 0 radical (unpaired) electrons. The van der Waals surface area contributed by atoms with Crippen LogP contribution in [0.25, 0.3) is 0 Å². The first-order chi connectivity index (χ1) is 12.6. The Hall–Kier alpha value is -2.41. The summed E-state index contributed by atoms with van der Waals surface area (Å²) in [5, 5.41) is 4.20. The van der Waals surface area contributed by atoms with Gasteiger partial charge in [0.25, 0.3) is 0 Å². The second-order valence-electron chi connectivity index (χ2n) is 7.13. The molecule has 2 saturated heterocycles. The average Bonchev–Trinajstić information content (AvgIpc) is 3.26. The summed E-state index contributed by atoms with van der Waals surface area (Å²) in [6.07, 6.45) is 5.29. The molecule has 4 rings (SSSR count). The molecule has 6 nitrogen and oxygen atoms in total. The van der Waals surface area contributed by atoms with Crippen molar-refractivity contribution in [3.05, 3.63) is 53.6 Å². The van der Waals surface area contributed by atoms with Crippen LogP contribution in [0.5, 0.6) is 0 Å². The standard InChI is InChI=1S/C19H23FN4O2/c1-22-10-15(9-21-22)11-23-12-17-18(13-23)26-19(25)24(17)8-2-3-14-4-6-16(20)7-5-14/h4-7,9-10,17-18H,2-3,8,11-13H2,1H3/t17-,18+/m0/s1. The molecule has 0 bridgehead atoms. The number of aromatic nitrogens is 2. The van der Waals surface area contributed by atoms with Crippen molar-refractivity contribution in [2.24, 2.45) is 7.05 Å². The second-order valence-corrected chi connectivity index (χ2v) is 7.13. The Morgan fingerprint density at radius 2 is 2.04 bits per heavy atom. The molecule has 26 heavy (non-hydrogen) atoms. The molecule has 2 aliphatic heterocycles. The highest BCUT2D eigenvalue weighted by molar-refractivity contribution is 5.71. The molecule has 0 N–H and O–H groups in total. The molecular weight excluding hydrogens is 335 g/mol. The van der Waals surface area contributed by atoms with Crippen molar-refractivity contribution >= 4 is 6.09 Å². The lowest BCUT2D eigenvalue weighted by atomic mass is 10.1. The van der Waals surface area contributed by atoms with Crippen LogP contribution in [0, 0.1) is 5.82 Å². The molecule has 138 valence electrons. The summed E-state index contributed by atoms with van der Waals surface area (Å²) in [6.45, 7) is 3.07. The van der Waals surface area contributed by atoms with Crippen LogP contribution in [0.15, 0.2) is 36.7 Å². The van der Waals surface area contributed by atoms with Gasteiger partial charge in [-0.1, -0.05) is 12.1 Å². The Balaban J connectivity index is 1.31. The monoisotopic (exact) mass is 358 g/mol. The topological polar surface area (TPSA) is 50.6 Å². The number of fused-ring (bicyclic) bond motifs is 1. The van der Waals surface area contributed by atoms with Gasteiger partial charge in [0, 0.05) is 45.0 Å². The van der Waals surface area contributed by atoms with Gasteiger partial charge in [-0.2, -0.15) is 5.10 Å². The lowest BCUT2D eigenvalue weighted by Gasteiger charge is -2.22. The largest absolute Gasteiger partial charge is 0.442 e. The summed E-state index contributed by atoms with van der Waals surface area (Å²) in [5.74, 6) is -0.223. The van der Waals surface area contributed by atoms with Crippen LogP contribution < -0.4 is 0 Å². The lowest BCUT2D eigenvalue weighted by Crippen LogP contribution is -2.38. The lowest BCUT2D eigenvalue weighted by molar-refractivity contribution is 0.120. The molecule has 0 unspecified atom stereocenters. The first kappa shape index (κ1) is 17.0. The average molecular weight is 358 g/mol. The number of nitrogens with zero attached hydrogens (tertiary/aromatic N) is 4. The molecule has 0 saturated carbocycles. The highest BCUT2D eigenvalue weighted by Gasteiger charge is 2.47. The van der Waals surface area contributed by atoms with Crippen molar-refractivity contribution in [3.8, 4) is 0 Å². The van der Waals surface area contributed by atoms with Gasteiger partial charge in [0.15, 0.2) is 0 Å². The van der Waals surface area contributed by atoms with Gasteiger partial charge in [0.2, 0.25) is 0 Å². The molecular formula is C19H23FN4O2. The SMILES string of the molecule is Cn1cc(CN2C[C@H]3OC(=O)N(CCCc4ccc(F)cc4)[C@H]3C2)cn1. The smallest absolute Gasteiger partial charge is 0.410 e. The second kappa shape index (κ2) is 7.07. The van der Waals surface area contributed by atoms with Crippen molar-refractivity contribution in [2.75, 3.05) is 19.6 Å². The zero-order chi connectivity index (χ0) is 18.1. The van der Waals surface area contributed by atoms with E-state index in [1.807, 2.05) is 24.3 Å². The predicted molar refractivity (Wildman–Crippen MR) is 94.0 cm³/mol. The Labute approximate surface area is 152 Å². The number of likely N-dealkylation sites (tertiary alicyclic amines) is 1. The highest BCUT2D eigenvalue weighted by atomic mass is 19.1. The van der Waals surface area contributed by atoms with Crippen molar-refractivity contribution in [1.29, 1.82) is 0 Å². The number of carbonyl (C=O) groups is 1. The van der Waals surface area contributed by atoms with E-state index in [0.29, 0.717) is 6.54 Å². The van der Waals surface area contributed by atoms with Gasteiger partial charge in [0.1, 0.15) is 11.9 Å². The summed E-state index contributed by atoms with van der Waals surface area (Å²) in [7, 11) is 1.91. The van der Waals surface area contributed by atoms with E-state index in [4.69, 9.17) is 4.74 Å². The number of ether oxygens (including phenoxy) is 1. The van der Waals surface area contributed by atoms with E-state index >= 15 is 0 Å². The number of rotatable bonds is 6. The zero-order valence-corrected chi connectivity index (χ0v) is 14.8. The van der Waals surface area contributed by atoms with Gasteiger partial charge >= 0.3 is 6.09 Å². The van der Waals surface area contributed by atoms with Gasteiger partial charge in [-0.05, 0) is 30.5 Å². The van der Waals surface area contributed by atoms with Crippen LogP contribution in [0.1, 0.15) is 17.5 Å². The number of hydrogen-bond donors (Lipinski definition) is 0. The summed E-state index contributed by atoms with van der Waals surface area (Å²) in [4.78, 5) is 16.3. The molecule has 3 heterocycles. The van der Waals surface area contributed by atoms with Gasteiger partial charge in [-0.25, -0.2) is 9.18 Å². The van der Waals surface area contributed by atoms with E-state index in [-0.39, 0.29) is 24.1 Å². The van der Waals surface area contributed by atoms with Crippen molar-refractivity contribution in [3.63, 3.8) is 0 Å². The summed E-state index contributed by atoms with van der Waals surface area (Å²) in [5.41, 5.74) is 2.25. The number of carbonyl (C=O) groups excluding carboxylic acids is 1. The van der Waals surface area contributed by atoms with Gasteiger partial charge in [-0.15, -0.1) is 0 Å². The van der Waals surface area contributed by atoms with Crippen LogP contribution >= 0.6 is 0 Å². The Kier molecular flexibility index (Phi) is 4.63. The quantitative estimate of drug-likeness (QED) is 0.794. The molecule has 2 aromatic rings. The van der Waals surface area contributed by atoms with Crippen LogP contribution in [0.3, 0.4) is 0 Å². The van der Waals surface area contributed by atoms with Crippen LogP contribution in [0.2, 0.25) is 0 Å². The minimum Gasteiger partial charge on any atom is -0.442 e. The van der Waals surface area contributed by atoms with Crippen LogP contribution in [-0.2, 0) is 24.8 Å². The third-order valence-electron chi connectivity index (χ3n) is 5.14. The summed E-state index contributed by atoms with van der Waals surface area (Å²) >= 11 is 0. The molecule has 1 amide bonds. The number of amides is 1. The molecule has 2 atom stereocenters. The van der Waals surface area contributed by atoms with E-state index in [9.17, 15) is 9.18 Å². The highest BCUT2D eigenvalue weighted by Crippen LogP contribution is 2.28. The minimum absolute atomic E-state index is 0.0509. The fourth-order valence-electron chi connectivity index (χ4n) is 3.88. The number of hydrogen-bond acceptors (Lipinski definition) is 4. The molecule has 2 fully saturated rings. The molecule has 0 spiro atoms. The van der Waals surface area contributed by atoms with E-state index in [1.54, 1.807) is 16.8 Å². The zero-order valence-electron chi connectivity index (χ0n) is 14.8. The fraction of sp³-hybridized carbons (Fsp3) is 0.474. The Morgan fingerprint density at radius 3 is 2.77 bits per heavy atom. The Bertz CT molecular complexity index is 776. The maximum absolute atomic E-state index is 13.0. The Morgan fingerprint density at radius 1 is 1.23 bits per heavy atom. The maximum atomic E-state index is 13.0. The van der Waals surface area contributed by atoms with E-state index < -0.39 is 0 Å². The predicted octanol–water partition coefficient (Wildman–Crippen LogP) is 2.20. The molecule has 1 aromatic heterocycles.